The summed E-state index contributed by atoms with van der Waals surface area (Å²) in [6.45, 7) is 3.31. The number of nitro benzene ring substituents is 1. The number of carbonyl (C=O) groups excluding carboxylic acids is 2. The molecule has 0 aliphatic carbocycles. The van der Waals surface area contributed by atoms with Crippen molar-refractivity contribution in [2.45, 2.75) is 13.8 Å². The molecule has 0 bridgehead atoms. The number of amides is 3. The molecule has 3 amide bonds. The Labute approximate surface area is 210 Å². The fraction of sp³-hybridized carbons (Fsp3) is 0.0769. The highest BCUT2D eigenvalue weighted by atomic mass is 16.6. The molecule has 1 aromatic heterocycles. The first-order valence-corrected chi connectivity index (χ1v) is 11.1. The number of hydrogen-bond acceptors (Lipinski definition) is 6. The van der Waals surface area contributed by atoms with Crippen LogP contribution in [0.5, 0.6) is 0 Å². The van der Waals surface area contributed by atoms with Crippen molar-refractivity contribution in [3.63, 3.8) is 0 Å². The first-order valence-electron chi connectivity index (χ1n) is 11.1. The van der Waals surface area contributed by atoms with E-state index in [0.29, 0.717) is 28.3 Å². The Morgan fingerprint density at radius 3 is 2.27 bits per heavy atom. The van der Waals surface area contributed by atoms with Gasteiger partial charge in [-0.25, -0.2) is 9.48 Å². The normalized spacial score (nSPS) is 10.4. The molecule has 3 N–H and O–H groups in total. The van der Waals surface area contributed by atoms with Crippen LogP contribution in [-0.4, -0.2) is 26.6 Å². The minimum Gasteiger partial charge on any atom is -0.320 e. The molecule has 3 aromatic carbocycles. The molecule has 0 aliphatic rings. The highest BCUT2D eigenvalue weighted by Crippen LogP contribution is 2.23. The number of nitrogens with one attached hydrogen (secondary N) is 3. The SMILES string of the molecule is Cc1ccc(NC(=O)Nc2ccccc2)cc1NC(=O)c1nn(-c2ccccc2[N+](=O)[O-])c(C)cc1=O. The summed E-state index contributed by atoms with van der Waals surface area (Å²) < 4.78 is 1.19. The molecule has 0 atom stereocenters. The number of nitrogens with zero attached hydrogens (tertiary/aromatic N) is 3. The van der Waals surface area contributed by atoms with Crippen molar-refractivity contribution in [2.75, 3.05) is 16.0 Å². The Hall–Kier alpha value is -5.32. The lowest BCUT2D eigenvalue weighted by Gasteiger charge is -2.13. The lowest BCUT2D eigenvalue weighted by Crippen LogP contribution is -2.27. The molecule has 186 valence electrons. The van der Waals surface area contributed by atoms with E-state index in [-0.39, 0.29) is 11.4 Å². The van der Waals surface area contributed by atoms with E-state index in [1.54, 1.807) is 62.4 Å². The number of rotatable bonds is 6. The molecule has 1 heterocycles. The van der Waals surface area contributed by atoms with Crippen LogP contribution in [0.25, 0.3) is 5.69 Å². The van der Waals surface area contributed by atoms with Gasteiger partial charge in [-0.15, -0.1) is 0 Å². The fourth-order valence-corrected chi connectivity index (χ4v) is 3.58. The standard InChI is InChI=1S/C26H22N6O5/c1-16-12-13-19(28-26(35)27-18-8-4-3-5-9-18)15-20(16)29-25(34)24-23(33)14-17(2)31(30-24)21-10-6-7-11-22(21)32(36)37/h3-15H,1-2H3,(H,29,34)(H2,27,28,35). The molecule has 37 heavy (non-hydrogen) atoms. The average molecular weight is 498 g/mol. The van der Waals surface area contributed by atoms with Crippen molar-refractivity contribution < 1.29 is 14.5 Å². The van der Waals surface area contributed by atoms with Crippen molar-refractivity contribution in [1.29, 1.82) is 0 Å². The average Bonchev–Trinajstić information content (AvgIpc) is 2.86. The first kappa shape index (κ1) is 24.8. The molecule has 0 spiro atoms. The van der Waals surface area contributed by atoms with E-state index in [9.17, 15) is 24.5 Å². The summed E-state index contributed by atoms with van der Waals surface area (Å²) in [5, 5.41) is 23.6. The molecule has 0 saturated carbocycles. The summed E-state index contributed by atoms with van der Waals surface area (Å²) in [6, 6.07) is 20.4. The zero-order valence-electron chi connectivity index (χ0n) is 19.9. The number of carbonyl (C=O) groups is 2. The minimum absolute atomic E-state index is 0.117. The molecule has 0 unspecified atom stereocenters. The van der Waals surface area contributed by atoms with Gasteiger partial charge in [0, 0.05) is 34.9 Å². The van der Waals surface area contributed by atoms with E-state index in [0.717, 1.165) is 0 Å². The number of aromatic nitrogens is 2. The highest BCUT2D eigenvalue weighted by Gasteiger charge is 2.20. The van der Waals surface area contributed by atoms with Crippen LogP contribution < -0.4 is 21.4 Å². The van der Waals surface area contributed by atoms with Crippen molar-refractivity contribution in [2.24, 2.45) is 0 Å². The summed E-state index contributed by atoms with van der Waals surface area (Å²) in [7, 11) is 0. The van der Waals surface area contributed by atoms with Crippen LogP contribution in [0.3, 0.4) is 0 Å². The molecule has 11 heteroatoms. The summed E-state index contributed by atoms with van der Waals surface area (Å²) >= 11 is 0. The monoisotopic (exact) mass is 498 g/mol. The Morgan fingerprint density at radius 2 is 1.54 bits per heavy atom. The van der Waals surface area contributed by atoms with Gasteiger partial charge in [-0.3, -0.25) is 19.7 Å². The third-order valence-corrected chi connectivity index (χ3v) is 5.40. The number of para-hydroxylation sites is 3. The van der Waals surface area contributed by atoms with Crippen LogP contribution in [0.4, 0.5) is 27.5 Å². The molecule has 11 nitrogen and oxygen atoms in total. The van der Waals surface area contributed by atoms with Crippen LogP contribution in [0.15, 0.2) is 83.7 Å². The first-order chi connectivity index (χ1) is 17.7. The molecule has 0 fully saturated rings. The molecule has 0 saturated heterocycles. The largest absolute Gasteiger partial charge is 0.323 e. The van der Waals surface area contributed by atoms with Gasteiger partial charge < -0.3 is 16.0 Å². The summed E-state index contributed by atoms with van der Waals surface area (Å²) in [5.41, 5.74) is 1.17. The van der Waals surface area contributed by atoms with Crippen LogP contribution in [0.1, 0.15) is 21.7 Å². The Bertz CT molecular complexity index is 1570. The van der Waals surface area contributed by atoms with E-state index in [1.165, 1.54) is 28.9 Å². The van der Waals surface area contributed by atoms with E-state index in [1.807, 2.05) is 6.07 Å². The van der Waals surface area contributed by atoms with Crippen molar-refractivity contribution in [3.8, 4) is 5.69 Å². The Balaban J connectivity index is 1.59. The summed E-state index contributed by atoms with van der Waals surface area (Å²) in [4.78, 5) is 48.9. The zero-order valence-corrected chi connectivity index (χ0v) is 19.9. The fourth-order valence-electron chi connectivity index (χ4n) is 3.58. The van der Waals surface area contributed by atoms with E-state index in [2.05, 4.69) is 21.0 Å². The van der Waals surface area contributed by atoms with Gasteiger partial charge in [0.15, 0.2) is 5.69 Å². The molecular formula is C26H22N6O5. The van der Waals surface area contributed by atoms with Crippen molar-refractivity contribution in [3.05, 3.63) is 116 Å². The third kappa shape index (κ3) is 5.68. The number of aryl methyl sites for hydroxylation is 2. The lowest BCUT2D eigenvalue weighted by molar-refractivity contribution is -0.384. The number of anilines is 3. The van der Waals surface area contributed by atoms with Gasteiger partial charge >= 0.3 is 6.03 Å². The summed E-state index contributed by atoms with van der Waals surface area (Å²) in [5.74, 6) is -0.800. The van der Waals surface area contributed by atoms with Crippen LogP contribution in [0, 0.1) is 24.0 Å². The molecular weight excluding hydrogens is 476 g/mol. The molecule has 4 aromatic rings. The van der Waals surface area contributed by atoms with Crippen LogP contribution in [0.2, 0.25) is 0 Å². The van der Waals surface area contributed by atoms with Crippen LogP contribution in [-0.2, 0) is 0 Å². The second-order valence-corrected chi connectivity index (χ2v) is 8.09. The van der Waals surface area contributed by atoms with Gasteiger partial charge in [0.25, 0.3) is 11.6 Å². The maximum atomic E-state index is 13.1. The highest BCUT2D eigenvalue weighted by molar-refractivity contribution is 6.04. The predicted octanol–water partition coefficient (Wildman–Crippen LogP) is 4.65. The topological polar surface area (TPSA) is 148 Å². The van der Waals surface area contributed by atoms with E-state index >= 15 is 0 Å². The lowest BCUT2D eigenvalue weighted by atomic mass is 10.1. The Morgan fingerprint density at radius 1 is 0.865 bits per heavy atom. The second kappa shape index (κ2) is 10.5. The number of nitro groups is 1. The second-order valence-electron chi connectivity index (χ2n) is 8.09. The van der Waals surface area contributed by atoms with E-state index < -0.39 is 28.0 Å². The van der Waals surface area contributed by atoms with E-state index in [4.69, 9.17) is 0 Å². The number of urea groups is 1. The third-order valence-electron chi connectivity index (χ3n) is 5.40. The zero-order chi connectivity index (χ0) is 26.5. The predicted molar refractivity (Wildman–Crippen MR) is 139 cm³/mol. The number of hydrogen-bond donors (Lipinski definition) is 3. The van der Waals surface area contributed by atoms with Gasteiger partial charge in [0.2, 0.25) is 5.43 Å². The van der Waals surface area contributed by atoms with Gasteiger partial charge in [-0.1, -0.05) is 36.4 Å². The van der Waals surface area contributed by atoms with Gasteiger partial charge in [0.05, 0.1) is 4.92 Å². The molecule has 0 aliphatic heterocycles. The maximum Gasteiger partial charge on any atom is 0.323 e. The smallest absolute Gasteiger partial charge is 0.320 e. The van der Waals surface area contributed by atoms with Crippen molar-refractivity contribution >= 4 is 34.7 Å². The summed E-state index contributed by atoms with van der Waals surface area (Å²) in [6.07, 6.45) is 0. The van der Waals surface area contributed by atoms with Crippen molar-refractivity contribution in [1.82, 2.24) is 9.78 Å². The maximum absolute atomic E-state index is 13.1. The Kier molecular flexibility index (Phi) is 7.05. The number of benzene rings is 3. The minimum atomic E-state index is -0.800. The van der Waals surface area contributed by atoms with Gasteiger partial charge in [-0.05, 0) is 49.7 Å². The van der Waals surface area contributed by atoms with Gasteiger partial charge in [-0.2, -0.15) is 5.10 Å². The molecule has 0 radical (unpaired) electrons. The van der Waals surface area contributed by atoms with Gasteiger partial charge in [0.1, 0.15) is 5.69 Å². The van der Waals surface area contributed by atoms with Crippen LogP contribution >= 0.6 is 0 Å². The quantitative estimate of drug-likeness (QED) is 0.260. The molecule has 4 rings (SSSR count).